The maximum atomic E-state index is 14.0. The maximum absolute atomic E-state index is 14.0. The molecule has 5 unspecified atom stereocenters. The van der Waals surface area contributed by atoms with Crippen molar-refractivity contribution in [3.05, 3.63) is 51.6 Å². The molecule has 4 bridgehead atoms. The third-order valence-corrected chi connectivity index (χ3v) is 14.9. The number of ketones is 3. The Kier molecular flexibility index (Phi) is 10.3. The molecule has 2 spiro atoms. The zero-order valence-electron chi connectivity index (χ0n) is 34.7. The number of nitrogens with one attached hydrogen (secondary N) is 1. The predicted octanol–water partition coefficient (Wildman–Crippen LogP) is 2.59. The van der Waals surface area contributed by atoms with Gasteiger partial charge < -0.3 is 54.9 Å². The number of aromatic hydroxyl groups is 2. The summed E-state index contributed by atoms with van der Waals surface area (Å²) in [6, 6.07) is 3.27. The second kappa shape index (κ2) is 15.1. The fraction of sp³-hybridized carbons (Fsp3) is 0.636. The molecule has 1 amide bonds. The number of hydrogen-bond donors (Lipinski definition) is 7. The second-order valence-corrected chi connectivity index (χ2v) is 18.9. The van der Waals surface area contributed by atoms with Crippen LogP contribution in [-0.2, 0) is 45.0 Å². The molecule has 9 aliphatic rings. The summed E-state index contributed by atoms with van der Waals surface area (Å²) in [6.07, 6.45) is -3.05. The van der Waals surface area contributed by atoms with Gasteiger partial charge in [-0.15, -0.1) is 0 Å². The van der Waals surface area contributed by atoms with Crippen LogP contribution in [-0.4, -0.2) is 121 Å². The molecule has 7 N–H and O–H groups in total. The first kappa shape index (κ1) is 42.7. The number of aliphatic hydroxyl groups excluding tert-OH is 2. The Labute approximate surface area is 360 Å². The van der Waals surface area contributed by atoms with Crippen molar-refractivity contribution in [3.8, 4) is 17.2 Å². The zero-order chi connectivity index (χ0) is 44.4. The number of fused-ring (bicyclic) bond motifs is 3. The van der Waals surface area contributed by atoms with Crippen LogP contribution in [0, 0.1) is 17.8 Å². The van der Waals surface area contributed by atoms with Crippen LogP contribution in [0.1, 0.15) is 127 Å². The van der Waals surface area contributed by atoms with E-state index in [1.54, 1.807) is 0 Å². The van der Waals surface area contributed by atoms with Gasteiger partial charge in [0.25, 0.3) is 0 Å². The number of carbonyl (C=O) groups is 4. The Morgan fingerprint density at radius 1 is 0.905 bits per heavy atom. The molecule has 340 valence electrons. The molecule has 5 saturated carbocycles. The van der Waals surface area contributed by atoms with Crippen molar-refractivity contribution >= 4 is 23.4 Å². The number of aliphatic hydroxyl groups is 4. The lowest BCUT2D eigenvalue weighted by Gasteiger charge is -2.62. The molecule has 19 nitrogen and oxygen atoms in total. The van der Waals surface area contributed by atoms with Gasteiger partial charge in [-0.3, -0.25) is 14.4 Å². The van der Waals surface area contributed by atoms with Gasteiger partial charge in [0, 0.05) is 60.6 Å². The molecule has 7 aliphatic carbocycles. The Morgan fingerprint density at radius 2 is 1.62 bits per heavy atom. The zero-order valence-corrected chi connectivity index (χ0v) is 34.7. The van der Waals surface area contributed by atoms with Crippen molar-refractivity contribution in [2.24, 2.45) is 17.8 Å². The van der Waals surface area contributed by atoms with Crippen molar-refractivity contribution in [1.82, 2.24) is 5.32 Å². The highest BCUT2D eigenvalue weighted by atomic mass is 17.4. The Morgan fingerprint density at radius 3 is 2.30 bits per heavy atom. The lowest BCUT2D eigenvalue weighted by molar-refractivity contribution is -0.682. The number of Topliss-reactive ketones (excluding diaryl/α,β-unsaturated/α-hetero) is 1. The van der Waals surface area contributed by atoms with Gasteiger partial charge in [0.15, 0.2) is 17.9 Å². The molecule has 0 radical (unpaired) electrons. The molecular weight excluding hydrogens is 830 g/mol. The van der Waals surface area contributed by atoms with Gasteiger partial charge in [-0.2, -0.15) is 19.6 Å². The highest BCUT2D eigenvalue weighted by Crippen LogP contribution is 2.63. The number of methoxy groups -OCH3 is 1. The number of phenols is 2. The van der Waals surface area contributed by atoms with Gasteiger partial charge in [0.05, 0.1) is 47.7 Å². The van der Waals surface area contributed by atoms with Crippen molar-refractivity contribution in [3.63, 3.8) is 0 Å². The van der Waals surface area contributed by atoms with E-state index in [9.17, 15) is 49.8 Å². The predicted molar refractivity (Wildman–Crippen MR) is 208 cm³/mol. The smallest absolute Gasteiger partial charge is 0.407 e. The molecule has 63 heavy (non-hydrogen) atoms. The number of amides is 1. The van der Waals surface area contributed by atoms with E-state index in [-0.39, 0.29) is 52.7 Å². The van der Waals surface area contributed by atoms with Crippen LogP contribution in [0.25, 0.3) is 0 Å². The minimum Gasteiger partial charge on any atom is -0.507 e. The van der Waals surface area contributed by atoms with Crippen LogP contribution in [0.3, 0.4) is 0 Å². The number of hydrogen-bond acceptors (Lipinski definition) is 18. The summed E-state index contributed by atoms with van der Waals surface area (Å²) in [6.45, 7) is 0.431. The van der Waals surface area contributed by atoms with Crippen LogP contribution in [0.5, 0.6) is 17.2 Å². The monoisotopic (exact) mass is 881 g/mol. The third kappa shape index (κ3) is 6.77. The average Bonchev–Trinajstić information content (AvgIpc) is 3.24. The van der Waals surface area contributed by atoms with E-state index < -0.39 is 125 Å². The van der Waals surface area contributed by atoms with Crippen LogP contribution in [0.4, 0.5) is 4.79 Å². The quantitative estimate of drug-likeness (QED) is 0.133. The van der Waals surface area contributed by atoms with Crippen molar-refractivity contribution < 1.29 is 88.3 Å². The van der Waals surface area contributed by atoms with E-state index in [4.69, 9.17) is 38.5 Å². The number of benzene rings is 2. The second-order valence-electron chi connectivity index (χ2n) is 18.9. The van der Waals surface area contributed by atoms with Crippen LogP contribution in [0.15, 0.2) is 18.2 Å². The van der Waals surface area contributed by atoms with Crippen LogP contribution >= 0.6 is 0 Å². The summed E-state index contributed by atoms with van der Waals surface area (Å²) in [5, 5.41) is 69.9. The molecule has 0 aromatic heterocycles. The average molecular weight is 882 g/mol. The maximum Gasteiger partial charge on any atom is 0.407 e. The number of carbonyl (C=O) groups excluding carboxylic acids is 4. The van der Waals surface area contributed by atoms with Gasteiger partial charge >= 0.3 is 6.09 Å². The van der Waals surface area contributed by atoms with E-state index in [0.29, 0.717) is 38.0 Å². The standard InChI is InChI=1S/C44H51NO18/c1-19-35(48)26(45-40(53)58-23-5-4-8-43(15-23)60-62-44(63-61-43)21-9-20-10-22(44)14-41(54,12-20)13-21)11-30(57-19)59-28-17-42(55,29(47)18-46)16-25-32(28)39(52)34-33(37(25)50)36(49)24-6-3-7-27(56-2)31(24)38(34)51/h3,6-7,19-23,26,28,30,35,46,48,50,52,54-55H,4-5,8-18H2,1-2H3,(H,45,53)/t19-,20?,21?,22?,23?,26?,28-,30-,35+,41?,42?,43?,44?/m1/s1. The number of ether oxygens (including phenoxy) is 4. The molecule has 2 aromatic carbocycles. The molecule has 9 atom stereocenters. The summed E-state index contributed by atoms with van der Waals surface area (Å²) in [7, 11) is 1.31. The fourth-order valence-electron chi connectivity index (χ4n) is 12.1. The molecule has 2 aromatic rings. The number of alkyl carbamates (subject to hydrolysis) is 1. The van der Waals surface area contributed by atoms with Gasteiger partial charge in [-0.1, -0.05) is 12.1 Å². The van der Waals surface area contributed by atoms with Crippen molar-refractivity contribution in [2.75, 3.05) is 13.7 Å². The van der Waals surface area contributed by atoms with Gasteiger partial charge in [0.1, 0.15) is 41.7 Å². The first-order valence-electron chi connectivity index (χ1n) is 21.7. The normalized spacial score (nSPS) is 40.0. The summed E-state index contributed by atoms with van der Waals surface area (Å²) >= 11 is 0. The van der Waals surface area contributed by atoms with Gasteiger partial charge in [-0.05, 0) is 63.9 Å². The molecule has 2 aliphatic heterocycles. The summed E-state index contributed by atoms with van der Waals surface area (Å²) in [5.41, 5.74) is -4.87. The highest BCUT2D eigenvalue weighted by molar-refractivity contribution is 6.31. The first-order chi connectivity index (χ1) is 30.0. The Balaban J connectivity index is 0.848. The van der Waals surface area contributed by atoms with E-state index in [0.717, 1.165) is 19.3 Å². The summed E-state index contributed by atoms with van der Waals surface area (Å²) < 4.78 is 23.4. The topological polar surface area (TPSA) is 276 Å². The number of rotatable bonds is 7. The molecular formula is C44H51NO18. The van der Waals surface area contributed by atoms with Gasteiger partial charge in [0.2, 0.25) is 17.4 Å². The third-order valence-electron chi connectivity index (χ3n) is 14.9. The summed E-state index contributed by atoms with van der Waals surface area (Å²) in [4.78, 5) is 78.6. The lowest BCUT2D eigenvalue weighted by Crippen LogP contribution is -2.68. The molecule has 11 rings (SSSR count). The van der Waals surface area contributed by atoms with Gasteiger partial charge in [-0.25, -0.2) is 4.79 Å². The first-order valence-corrected chi connectivity index (χ1v) is 21.7. The van der Waals surface area contributed by atoms with Crippen molar-refractivity contribution in [1.29, 1.82) is 0 Å². The Hall–Kier alpha value is -4.28. The van der Waals surface area contributed by atoms with Crippen LogP contribution in [0.2, 0.25) is 0 Å². The van der Waals surface area contributed by atoms with E-state index in [1.807, 2.05) is 0 Å². The van der Waals surface area contributed by atoms with E-state index >= 15 is 0 Å². The summed E-state index contributed by atoms with van der Waals surface area (Å²) in [5.74, 6) is -6.36. The molecule has 2 saturated heterocycles. The molecule has 19 heteroatoms. The Bertz CT molecular complexity index is 2240. The van der Waals surface area contributed by atoms with Crippen molar-refractivity contribution in [2.45, 2.75) is 143 Å². The van der Waals surface area contributed by atoms with E-state index in [2.05, 4.69) is 5.32 Å². The SMILES string of the molecule is COc1cccc2c1C(=O)c1c(O)c3c(c(O)c1C2=O)CC(O)(C(=O)CO)C[C@H]3O[C@@H]1CC(NC(=O)OC2CCCC3(C2)OOC2(OO3)C3CC4CC2CC(O)(C4)C3)[C@@H](O)[C@@H](C)O1. The van der Waals surface area contributed by atoms with E-state index in [1.165, 1.54) is 32.2 Å². The molecule has 2 heterocycles. The molecule has 7 fully saturated rings. The minimum absolute atomic E-state index is 0.0539. The number of phenolic OH excluding ortho intramolecular Hbond substituents is 2. The minimum atomic E-state index is -2.37. The fourth-order valence-corrected chi connectivity index (χ4v) is 12.1. The van der Waals surface area contributed by atoms with Crippen LogP contribution < -0.4 is 10.1 Å². The largest absolute Gasteiger partial charge is 0.507 e. The highest BCUT2D eigenvalue weighted by Gasteiger charge is 2.68. The lowest BCUT2D eigenvalue weighted by atomic mass is 9.51.